The minimum Gasteiger partial charge on any atom is -0.391 e. The molecule has 2 saturated heterocycles. The van der Waals surface area contributed by atoms with Crippen LogP contribution in [0.25, 0.3) is 10.4 Å². The number of halogens is 1. The zero-order valence-electron chi connectivity index (χ0n) is 51.6. The van der Waals surface area contributed by atoms with E-state index in [1.165, 1.54) is 33.7 Å². The zero-order valence-corrected chi connectivity index (χ0v) is 52.4. The van der Waals surface area contributed by atoms with Gasteiger partial charge in [-0.2, -0.15) is 0 Å². The Hall–Kier alpha value is -6.62. The van der Waals surface area contributed by atoms with Crippen molar-refractivity contribution in [3.63, 3.8) is 0 Å². The van der Waals surface area contributed by atoms with Gasteiger partial charge in [-0.3, -0.25) is 33.7 Å². The van der Waals surface area contributed by atoms with Crippen molar-refractivity contribution in [2.45, 2.75) is 128 Å². The Labute approximate surface area is 523 Å². The van der Waals surface area contributed by atoms with Crippen LogP contribution < -0.4 is 26.6 Å². The quantitative estimate of drug-likeness (QED) is 0.0330. The van der Waals surface area contributed by atoms with Gasteiger partial charge < -0.3 is 70.3 Å². The average molecular weight is 1260 g/mol. The van der Waals surface area contributed by atoms with Crippen molar-refractivity contribution < 1.29 is 67.1 Å². The number of nitrogens with zero attached hydrogens (tertiary/aromatic N) is 6. The molecule has 486 valence electrons. The van der Waals surface area contributed by atoms with E-state index in [0.717, 1.165) is 35.6 Å². The SMILES string of the molecule is Cc1ncsc1-c1ccc([C@H](CC(=O)NCCOCCOCCOCCOCCOCCC(=O)N2CCC(Nc3cc(C(=O)NC[C@H](O)CN4CCc5ccccc5C4)ncn3)CC2)NC(=O)[C@@H]2C[C@@H](O)CN2C(=O)[C@@H](NC(=O)C2(F)CC2)C(C)(C)C)cc1. The maximum atomic E-state index is 14.7. The van der Waals surface area contributed by atoms with Crippen LogP contribution in [0.3, 0.4) is 0 Å². The first-order valence-corrected chi connectivity index (χ1v) is 31.8. The number of amides is 6. The smallest absolute Gasteiger partial charge is 0.270 e. The number of aryl methyl sites for hydroxylation is 1. The topological polar surface area (TPSA) is 298 Å². The Morgan fingerprint density at radius 2 is 1.46 bits per heavy atom. The molecule has 8 rings (SSSR count). The van der Waals surface area contributed by atoms with E-state index < -0.39 is 59.1 Å². The summed E-state index contributed by atoms with van der Waals surface area (Å²) in [5.74, 6) is -2.27. The first-order valence-electron chi connectivity index (χ1n) is 30.9. The van der Waals surface area contributed by atoms with Gasteiger partial charge in [0.15, 0.2) is 5.67 Å². The second kappa shape index (κ2) is 33.4. The van der Waals surface area contributed by atoms with Crippen LogP contribution in [0, 0.1) is 12.3 Å². The number of thiazole rings is 1. The van der Waals surface area contributed by atoms with Crippen LogP contribution in [0.15, 0.2) is 66.4 Å². The molecular formula is C63H88FN11O13S. The van der Waals surface area contributed by atoms with Crippen molar-refractivity contribution >= 4 is 52.6 Å². The van der Waals surface area contributed by atoms with Crippen LogP contribution in [0.2, 0.25) is 0 Å². The summed E-state index contributed by atoms with van der Waals surface area (Å²) < 4.78 is 42.9. The summed E-state index contributed by atoms with van der Waals surface area (Å²) in [5, 5.41) is 36.0. The first kappa shape index (κ1) is 68.3. The number of rotatable bonds is 34. The molecule has 3 fully saturated rings. The summed E-state index contributed by atoms with van der Waals surface area (Å²) in [6.45, 7) is 13.7. The maximum absolute atomic E-state index is 14.7. The molecule has 1 aliphatic carbocycles. The number of carbonyl (C=O) groups is 6. The molecule has 5 heterocycles. The number of aliphatic hydroxyl groups excluding tert-OH is 2. The lowest BCUT2D eigenvalue weighted by molar-refractivity contribution is -0.145. The second-order valence-corrected chi connectivity index (χ2v) is 25.0. The summed E-state index contributed by atoms with van der Waals surface area (Å²) in [7, 11) is 0. The molecule has 7 N–H and O–H groups in total. The molecule has 89 heavy (non-hydrogen) atoms. The summed E-state index contributed by atoms with van der Waals surface area (Å²) in [4.78, 5) is 99.3. The second-order valence-electron chi connectivity index (χ2n) is 24.2. The summed E-state index contributed by atoms with van der Waals surface area (Å²) in [6.07, 6.45) is 2.15. The highest BCUT2D eigenvalue weighted by Gasteiger charge is 2.53. The third-order valence-electron chi connectivity index (χ3n) is 16.2. The molecule has 0 radical (unpaired) electrons. The predicted molar refractivity (Wildman–Crippen MR) is 329 cm³/mol. The van der Waals surface area contributed by atoms with E-state index in [4.69, 9.17) is 23.7 Å². The fourth-order valence-electron chi connectivity index (χ4n) is 10.9. The number of nitrogens with one attached hydrogen (secondary N) is 5. The van der Waals surface area contributed by atoms with Crippen molar-refractivity contribution in [1.29, 1.82) is 0 Å². The molecular weight excluding hydrogens is 1170 g/mol. The molecule has 4 aliphatic rings. The molecule has 24 nitrogen and oxygen atoms in total. The van der Waals surface area contributed by atoms with Crippen LogP contribution in [0.1, 0.15) is 105 Å². The summed E-state index contributed by atoms with van der Waals surface area (Å²) >= 11 is 1.50. The Bertz CT molecular complexity index is 2960. The summed E-state index contributed by atoms with van der Waals surface area (Å²) in [5.41, 5.74) is 4.14. The van der Waals surface area contributed by atoms with Crippen molar-refractivity contribution in [1.82, 2.24) is 50.9 Å². The monoisotopic (exact) mass is 1260 g/mol. The highest BCUT2D eigenvalue weighted by atomic mass is 32.1. The van der Waals surface area contributed by atoms with Gasteiger partial charge in [-0.15, -0.1) is 11.3 Å². The van der Waals surface area contributed by atoms with Gasteiger partial charge in [0.2, 0.25) is 23.6 Å². The van der Waals surface area contributed by atoms with Crippen LogP contribution in [-0.2, 0) is 60.6 Å². The van der Waals surface area contributed by atoms with Crippen LogP contribution in [0.5, 0.6) is 0 Å². The van der Waals surface area contributed by atoms with Gasteiger partial charge in [0.05, 0.1) is 113 Å². The number of fused-ring (bicyclic) bond motifs is 1. The van der Waals surface area contributed by atoms with Crippen molar-refractivity contribution in [3.05, 3.63) is 94.5 Å². The first-order chi connectivity index (χ1) is 42.8. The van der Waals surface area contributed by atoms with Gasteiger partial charge in [-0.1, -0.05) is 69.3 Å². The predicted octanol–water partition coefficient (Wildman–Crippen LogP) is 3.29. The maximum Gasteiger partial charge on any atom is 0.270 e. The molecule has 0 bridgehead atoms. The molecule has 5 atom stereocenters. The minimum atomic E-state index is -2.02. The molecule has 1 saturated carbocycles. The van der Waals surface area contributed by atoms with Crippen LogP contribution >= 0.6 is 11.3 Å². The lowest BCUT2D eigenvalue weighted by Gasteiger charge is -2.36. The van der Waals surface area contributed by atoms with Gasteiger partial charge in [0.25, 0.3) is 11.8 Å². The van der Waals surface area contributed by atoms with Gasteiger partial charge in [0.1, 0.15) is 29.9 Å². The van der Waals surface area contributed by atoms with Crippen molar-refractivity contribution in [3.8, 4) is 10.4 Å². The third kappa shape index (κ3) is 21.0. The van der Waals surface area contributed by atoms with E-state index in [1.54, 1.807) is 32.3 Å². The van der Waals surface area contributed by atoms with E-state index >= 15 is 0 Å². The Morgan fingerprint density at radius 1 is 0.809 bits per heavy atom. The van der Waals surface area contributed by atoms with E-state index in [1.807, 2.05) is 48.2 Å². The number of aliphatic hydroxyl groups is 2. The molecule has 6 amide bonds. The van der Waals surface area contributed by atoms with E-state index in [0.29, 0.717) is 90.1 Å². The van der Waals surface area contributed by atoms with Gasteiger partial charge >= 0.3 is 0 Å². The minimum absolute atomic E-state index is 0.0234. The normalized spacial score (nSPS) is 18.6. The van der Waals surface area contributed by atoms with Crippen LogP contribution in [-0.4, -0.2) is 223 Å². The number of benzene rings is 2. The fraction of sp³-hybridized carbons (Fsp3) is 0.603. The number of piperidine rings is 1. The Balaban J connectivity index is 0.631. The number of aromatic nitrogens is 3. The number of hydrogen-bond acceptors (Lipinski definition) is 19. The number of likely N-dealkylation sites (tertiary alicyclic amines) is 2. The van der Waals surface area contributed by atoms with E-state index in [2.05, 4.69) is 58.6 Å². The zero-order chi connectivity index (χ0) is 63.3. The molecule has 3 aliphatic heterocycles. The van der Waals surface area contributed by atoms with Crippen molar-refractivity contribution in [2.75, 3.05) is 117 Å². The number of carbonyl (C=O) groups excluding carboxylic acids is 6. The molecule has 0 spiro atoms. The number of β-amino-alcohol motifs (C(OH)–C–C–N with tert-alkyl or cyclic N) is 2. The standard InChI is InChI=1S/C63H88FN11O13S/c1-42-56(89-41-69-42)45-11-9-44(10-12-45)50(71-59(81)52-33-48(76)39-75(52)60(82)57(62(2,3)4)72-61(83)63(64)17-18-63)35-54(78)65-19-24-85-26-28-87-30-32-88-31-29-86-27-25-84-23-16-55(79)74-21-14-47(15-22-74)70-53-34-51(67-40-68-53)58(80)66-36-49(77)38-73-20-13-43-7-5-6-8-46(43)37-73/h5-12,34,40-41,47-50,52,57,76-77H,13-33,35-39H2,1-4H3,(H,65,78)(H,66,80)(H,71,81)(H,72,83)(H,67,68,70)/t48-,49+,50+,52+,57-/m1/s1. The molecule has 2 aromatic heterocycles. The van der Waals surface area contributed by atoms with Gasteiger partial charge in [-0.25, -0.2) is 19.3 Å². The Kier molecular flexibility index (Phi) is 25.7. The summed E-state index contributed by atoms with van der Waals surface area (Å²) in [6, 6.07) is 14.3. The number of anilines is 1. The van der Waals surface area contributed by atoms with Crippen molar-refractivity contribution in [2.24, 2.45) is 5.41 Å². The van der Waals surface area contributed by atoms with E-state index in [-0.39, 0.29) is 101 Å². The highest BCUT2D eigenvalue weighted by molar-refractivity contribution is 7.13. The molecule has 0 unspecified atom stereocenters. The number of ether oxygens (including phenoxy) is 5. The van der Waals surface area contributed by atoms with Gasteiger partial charge in [-0.05, 0) is 66.7 Å². The largest absolute Gasteiger partial charge is 0.391 e. The fourth-order valence-corrected chi connectivity index (χ4v) is 11.7. The molecule has 2 aromatic carbocycles. The highest BCUT2D eigenvalue weighted by Crippen LogP contribution is 2.41. The number of hydrogen-bond donors (Lipinski definition) is 7. The third-order valence-corrected chi connectivity index (χ3v) is 17.1. The Morgan fingerprint density at radius 3 is 2.10 bits per heavy atom. The average Bonchev–Trinajstić information content (AvgIpc) is 1.97. The van der Waals surface area contributed by atoms with Gasteiger partial charge in [0, 0.05) is 70.9 Å². The van der Waals surface area contributed by atoms with E-state index in [9.17, 15) is 43.4 Å². The lowest BCUT2D eigenvalue weighted by Crippen LogP contribution is -2.59. The van der Waals surface area contributed by atoms with Crippen LogP contribution in [0.4, 0.5) is 10.2 Å². The lowest BCUT2D eigenvalue weighted by atomic mass is 9.85. The number of alkyl halides is 1. The molecule has 26 heteroatoms. The molecule has 4 aromatic rings.